The zero-order chi connectivity index (χ0) is 21.2. The summed E-state index contributed by atoms with van der Waals surface area (Å²) in [6.45, 7) is 0.289. The highest BCUT2D eigenvalue weighted by Gasteiger charge is 2.15. The summed E-state index contributed by atoms with van der Waals surface area (Å²) in [6, 6.07) is 9.78. The molecule has 9 nitrogen and oxygen atoms in total. The molecule has 29 heavy (non-hydrogen) atoms. The van der Waals surface area contributed by atoms with E-state index >= 15 is 0 Å². The van der Waals surface area contributed by atoms with Gasteiger partial charge in [-0.2, -0.15) is 0 Å². The number of nitrogens with zero attached hydrogens (tertiary/aromatic N) is 1. The fourth-order valence-corrected chi connectivity index (χ4v) is 2.65. The van der Waals surface area contributed by atoms with Gasteiger partial charge in [-0.1, -0.05) is 6.07 Å². The quantitative estimate of drug-likeness (QED) is 0.348. The third-order valence-electron chi connectivity index (χ3n) is 4.13. The Kier molecular flexibility index (Phi) is 8.08. The monoisotopic (exact) mass is 404 g/mol. The summed E-state index contributed by atoms with van der Waals surface area (Å²) >= 11 is 0. The normalized spacial score (nSPS) is 10.2. The average Bonchev–Trinajstić information content (AvgIpc) is 2.74. The van der Waals surface area contributed by atoms with E-state index in [-0.39, 0.29) is 24.0 Å². The van der Waals surface area contributed by atoms with Crippen LogP contribution in [0, 0.1) is 10.1 Å². The molecule has 2 aromatic carbocycles. The van der Waals surface area contributed by atoms with E-state index in [1.54, 1.807) is 14.2 Å². The molecule has 156 valence electrons. The SMILES string of the molecule is COc1ccc(CCCNC(=O)COc2ccc([N+](=O)[O-])c(OC)c2)cc1OC. The van der Waals surface area contributed by atoms with Crippen LogP contribution in [-0.2, 0) is 11.2 Å². The predicted molar refractivity (Wildman–Crippen MR) is 106 cm³/mol. The molecule has 9 heteroatoms. The van der Waals surface area contributed by atoms with Gasteiger partial charge in [0.05, 0.1) is 26.3 Å². The molecule has 0 aliphatic carbocycles. The topological polar surface area (TPSA) is 109 Å². The maximum absolute atomic E-state index is 11.9. The largest absolute Gasteiger partial charge is 0.493 e. The van der Waals surface area contributed by atoms with Gasteiger partial charge in [0.25, 0.3) is 5.91 Å². The Morgan fingerprint density at radius 2 is 1.72 bits per heavy atom. The van der Waals surface area contributed by atoms with Gasteiger partial charge in [0.2, 0.25) is 5.75 Å². The first kappa shape index (κ1) is 21.8. The highest BCUT2D eigenvalue weighted by atomic mass is 16.6. The van der Waals surface area contributed by atoms with E-state index < -0.39 is 4.92 Å². The maximum Gasteiger partial charge on any atom is 0.311 e. The minimum atomic E-state index is -0.548. The third kappa shape index (κ3) is 6.27. The van der Waals surface area contributed by atoms with E-state index in [1.807, 2.05) is 18.2 Å². The number of nitrogens with one attached hydrogen (secondary N) is 1. The van der Waals surface area contributed by atoms with Crippen LogP contribution in [0.15, 0.2) is 36.4 Å². The Bertz CT molecular complexity index is 855. The van der Waals surface area contributed by atoms with E-state index in [4.69, 9.17) is 18.9 Å². The number of hydrogen-bond acceptors (Lipinski definition) is 7. The summed E-state index contributed by atoms with van der Waals surface area (Å²) in [5.74, 6) is 1.44. The minimum Gasteiger partial charge on any atom is -0.493 e. The number of nitro benzene ring substituents is 1. The van der Waals surface area contributed by atoms with Crippen molar-refractivity contribution in [1.29, 1.82) is 0 Å². The van der Waals surface area contributed by atoms with E-state index in [2.05, 4.69) is 5.32 Å². The third-order valence-corrected chi connectivity index (χ3v) is 4.13. The molecule has 0 bridgehead atoms. The molecular formula is C20H24N2O7. The molecule has 0 saturated carbocycles. The number of methoxy groups -OCH3 is 3. The van der Waals surface area contributed by atoms with E-state index in [9.17, 15) is 14.9 Å². The molecular weight excluding hydrogens is 380 g/mol. The van der Waals surface area contributed by atoms with Crippen LogP contribution >= 0.6 is 0 Å². The maximum atomic E-state index is 11.9. The van der Waals surface area contributed by atoms with Gasteiger partial charge in [0.15, 0.2) is 18.1 Å². The molecule has 0 heterocycles. The number of benzene rings is 2. The number of ether oxygens (including phenoxy) is 4. The Morgan fingerprint density at radius 3 is 2.38 bits per heavy atom. The second kappa shape index (κ2) is 10.7. The van der Waals surface area contributed by atoms with Gasteiger partial charge in [-0.3, -0.25) is 14.9 Å². The zero-order valence-corrected chi connectivity index (χ0v) is 16.6. The second-order valence-electron chi connectivity index (χ2n) is 6.02. The lowest BCUT2D eigenvalue weighted by atomic mass is 10.1. The lowest BCUT2D eigenvalue weighted by molar-refractivity contribution is -0.385. The van der Waals surface area contributed by atoms with Gasteiger partial charge in [-0.05, 0) is 36.6 Å². The van der Waals surface area contributed by atoms with Crippen LogP contribution in [0.2, 0.25) is 0 Å². The Morgan fingerprint density at radius 1 is 1.00 bits per heavy atom. The fourth-order valence-electron chi connectivity index (χ4n) is 2.65. The number of amides is 1. The van der Waals surface area contributed by atoms with E-state index in [1.165, 1.54) is 25.3 Å². The zero-order valence-electron chi connectivity index (χ0n) is 16.6. The van der Waals surface area contributed by atoms with Crippen molar-refractivity contribution in [3.05, 3.63) is 52.1 Å². The first-order valence-electron chi connectivity index (χ1n) is 8.91. The summed E-state index contributed by atoms with van der Waals surface area (Å²) in [4.78, 5) is 22.3. The summed E-state index contributed by atoms with van der Waals surface area (Å²) < 4.78 is 20.8. The molecule has 1 amide bonds. The Balaban J connectivity index is 1.76. The first-order chi connectivity index (χ1) is 14.0. The molecule has 2 rings (SSSR count). The number of aryl methyl sites for hydroxylation is 1. The van der Waals surface area contributed by atoms with Crippen molar-refractivity contribution in [2.75, 3.05) is 34.5 Å². The van der Waals surface area contributed by atoms with Crippen molar-refractivity contribution in [2.45, 2.75) is 12.8 Å². The predicted octanol–water partition coefficient (Wildman–Crippen LogP) is 2.75. The summed E-state index contributed by atoms with van der Waals surface area (Å²) in [7, 11) is 4.50. The Hall–Kier alpha value is -3.49. The molecule has 0 aliphatic heterocycles. The van der Waals surface area contributed by atoms with Crippen LogP contribution in [-0.4, -0.2) is 45.3 Å². The fraction of sp³-hybridized carbons (Fsp3) is 0.350. The summed E-state index contributed by atoms with van der Waals surface area (Å²) in [5.41, 5.74) is 0.908. The van der Waals surface area contributed by atoms with E-state index in [0.717, 1.165) is 18.4 Å². The molecule has 1 N–H and O–H groups in total. The second-order valence-corrected chi connectivity index (χ2v) is 6.02. The van der Waals surface area contributed by atoms with Crippen LogP contribution in [0.5, 0.6) is 23.0 Å². The summed E-state index contributed by atoms with van der Waals surface area (Å²) in [5, 5.41) is 13.7. The molecule has 0 aromatic heterocycles. The van der Waals surface area contributed by atoms with Crippen molar-refractivity contribution < 1.29 is 28.7 Å². The molecule has 0 saturated heterocycles. The lowest BCUT2D eigenvalue weighted by Gasteiger charge is -2.10. The van der Waals surface area contributed by atoms with Crippen molar-refractivity contribution in [1.82, 2.24) is 5.32 Å². The van der Waals surface area contributed by atoms with Crippen molar-refractivity contribution in [3.8, 4) is 23.0 Å². The molecule has 0 radical (unpaired) electrons. The van der Waals surface area contributed by atoms with Crippen molar-refractivity contribution >= 4 is 11.6 Å². The highest BCUT2D eigenvalue weighted by Crippen LogP contribution is 2.30. The van der Waals surface area contributed by atoms with Crippen LogP contribution in [0.4, 0.5) is 5.69 Å². The molecule has 0 atom stereocenters. The number of nitro groups is 1. The van der Waals surface area contributed by atoms with Gasteiger partial charge in [0, 0.05) is 18.7 Å². The first-order valence-corrected chi connectivity index (χ1v) is 8.91. The lowest BCUT2D eigenvalue weighted by Crippen LogP contribution is -2.29. The van der Waals surface area contributed by atoms with Crippen LogP contribution in [0.25, 0.3) is 0 Å². The van der Waals surface area contributed by atoms with Crippen molar-refractivity contribution in [2.24, 2.45) is 0 Å². The van der Waals surface area contributed by atoms with Gasteiger partial charge in [0.1, 0.15) is 5.75 Å². The molecule has 0 fully saturated rings. The smallest absolute Gasteiger partial charge is 0.311 e. The molecule has 0 aliphatic rings. The number of carbonyl (C=O) groups excluding carboxylic acids is 1. The average molecular weight is 404 g/mol. The molecule has 0 unspecified atom stereocenters. The molecule has 2 aromatic rings. The van der Waals surface area contributed by atoms with Gasteiger partial charge in [-0.15, -0.1) is 0 Å². The van der Waals surface area contributed by atoms with Crippen molar-refractivity contribution in [3.63, 3.8) is 0 Å². The highest BCUT2D eigenvalue weighted by molar-refractivity contribution is 5.77. The number of carbonyl (C=O) groups is 1. The van der Waals surface area contributed by atoms with Gasteiger partial charge >= 0.3 is 5.69 Å². The standard InChI is InChI=1S/C20H24N2O7/c1-26-17-9-6-14(11-19(17)28-3)5-4-10-21-20(23)13-29-15-7-8-16(22(24)25)18(12-15)27-2/h6-9,11-12H,4-5,10,13H2,1-3H3,(H,21,23). The summed E-state index contributed by atoms with van der Waals surface area (Å²) in [6.07, 6.45) is 1.51. The number of hydrogen-bond donors (Lipinski definition) is 1. The Labute approximate surface area is 168 Å². The van der Waals surface area contributed by atoms with Gasteiger partial charge < -0.3 is 24.3 Å². The van der Waals surface area contributed by atoms with Crippen LogP contribution < -0.4 is 24.3 Å². The van der Waals surface area contributed by atoms with Crippen LogP contribution in [0.3, 0.4) is 0 Å². The van der Waals surface area contributed by atoms with Crippen LogP contribution in [0.1, 0.15) is 12.0 Å². The number of rotatable bonds is 11. The molecule has 0 spiro atoms. The minimum absolute atomic E-state index is 0.0721. The van der Waals surface area contributed by atoms with E-state index in [0.29, 0.717) is 23.8 Å². The van der Waals surface area contributed by atoms with Gasteiger partial charge in [-0.25, -0.2) is 0 Å².